The summed E-state index contributed by atoms with van der Waals surface area (Å²) in [6, 6.07) is 10.8. The molecule has 2 aliphatic carbocycles. The van der Waals surface area contributed by atoms with Crippen LogP contribution in [0.3, 0.4) is 0 Å². The highest BCUT2D eigenvalue weighted by Crippen LogP contribution is 2.50. The van der Waals surface area contributed by atoms with Crippen LogP contribution < -0.4 is 0 Å². The predicted molar refractivity (Wildman–Crippen MR) is 120 cm³/mol. The summed E-state index contributed by atoms with van der Waals surface area (Å²) in [6.07, 6.45) is 0.764. The largest absolute Gasteiger partial charge is 0.507 e. The Morgan fingerprint density at radius 3 is 2.03 bits per heavy atom. The summed E-state index contributed by atoms with van der Waals surface area (Å²) in [5.41, 5.74) is 6.89. The highest BCUT2D eigenvalue weighted by atomic mass is 16.3. The van der Waals surface area contributed by atoms with Gasteiger partial charge in [-0.2, -0.15) is 0 Å². The zero-order valence-corrected chi connectivity index (χ0v) is 18.0. The Bertz CT molecular complexity index is 1310. The Balaban J connectivity index is 1.84. The standard InChI is InChI=1S/C27H24O4/c1-12(2)16-9-15-10-19-20(11-17(15)24-18(16)5-13(3)7-22(24)28)26(30)27(31)21-6-14(4)8-23(29)25(19)21/h5-8,10-12,16,28-29H,9H2,1-4H3/t16-/m1/s1. The van der Waals surface area contributed by atoms with Gasteiger partial charge in [-0.1, -0.05) is 19.9 Å². The average Bonchev–Trinajstić information content (AvgIpc) is 2.69. The number of aromatic hydroxyl groups is 2. The fourth-order valence-electron chi connectivity index (χ4n) is 5.24. The van der Waals surface area contributed by atoms with Gasteiger partial charge in [0.15, 0.2) is 0 Å². The fourth-order valence-corrected chi connectivity index (χ4v) is 5.24. The second-order valence-corrected chi connectivity index (χ2v) is 9.22. The summed E-state index contributed by atoms with van der Waals surface area (Å²) in [6.45, 7) is 8.09. The lowest BCUT2D eigenvalue weighted by Crippen LogP contribution is -2.23. The van der Waals surface area contributed by atoms with Crippen molar-refractivity contribution < 1.29 is 19.8 Å². The maximum Gasteiger partial charge on any atom is 0.234 e. The van der Waals surface area contributed by atoms with Crippen LogP contribution in [-0.2, 0) is 6.42 Å². The molecule has 31 heavy (non-hydrogen) atoms. The van der Waals surface area contributed by atoms with Gasteiger partial charge in [0.2, 0.25) is 11.6 Å². The maximum absolute atomic E-state index is 13.0. The van der Waals surface area contributed by atoms with Crippen molar-refractivity contribution in [2.24, 2.45) is 5.92 Å². The highest BCUT2D eigenvalue weighted by molar-refractivity contribution is 6.53. The van der Waals surface area contributed by atoms with Gasteiger partial charge < -0.3 is 10.2 Å². The van der Waals surface area contributed by atoms with Crippen LogP contribution in [0.2, 0.25) is 0 Å². The van der Waals surface area contributed by atoms with Crippen molar-refractivity contribution in [2.45, 2.75) is 40.0 Å². The SMILES string of the molecule is Cc1cc(O)c2c(c1)C(=O)C(=O)c1cc3c(cc1-2)C[C@H](C(C)C)c1cc(C)cc(O)c1-3. The number of hydrogen-bond acceptors (Lipinski definition) is 4. The van der Waals surface area contributed by atoms with E-state index >= 15 is 0 Å². The number of carbonyl (C=O) groups excluding carboxylic acids is 2. The van der Waals surface area contributed by atoms with Crippen molar-refractivity contribution in [3.63, 3.8) is 0 Å². The van der Waals surface area contributed by atoms with Crippen LogP contribution in [0.25, 0.3) is 22.3 Å². The van der Waals surface area contributed by atoms with Crippen LogP contribution in [-0.4, -0.2) is 21.8 Å². The highest BCUT2D eigenvalue weighted by Gasteiger charge is 2.36. The van der Waals surface area contributed by atoms with Gasteiger partial charge in [-0.05, 0) is 95.8 Å². The Hall–Kier alpha value is -3.40. The van der Waals surface area contributed by atoms with Crippen LogP contribution in [0.15, 0.2) is 36.4 Å². The molecule has 2 aliphatic rings. The van der Waals surface area contributed by atoms with Gasteiger partial charge in [0.25, 0.3) is 0 Å². The zero-order chi connectivity index (χ0) is 22.2. The van der Waals surface area contributed by atoms with E-state index in [0.29, 0.717) is 17.0 Å². The van der Waals surface area contributed by atoms with Crippen molar-refractivity contribution in [2.75, 3.05) is 0 Å². The van der Waals surface area contributed by atoms with Gasteiger partial charge in [0.1, 0.15) is 11.5 Å². The number of hydrogen-bond donors (Lipinski definition) is 2. The number of ketones is 2. The lowest BCUT2D eigenvalue weighted by molar-refractivity contribution is 0.0815. The summed E-state index contributed by atoms with van der Waals surface area (Å²) in [4.78, 5) is 25.9. The van der Waals surface area contributed by atoms with E-state index in [-0.39, 0.29) is 28.5 Å². The van der Waals surface area contributed by atoms with Crippen molar-refractivity contribution in [3.05, 3.63) is 69.8 Å². The first kappa shape index (κ1) is 19.6. The Morgan fingerprint density at radius 2 is 1.35 bits per heavy atom. The summed E-state index contributed by atoms with van der Waals surface area (Å²) in [5.74, 6) is -0.406. The van der Waals surface area contributed by atoms with Gasteiger partial charge in [-0.25, -0.2) is 0 Å². The van der Waals surface area contributed by atoms with E-state index in [0.717, 1.165) is 39.8 Å². The minimum Gasteiger partial charge on any atom is -0.507 e. The molecular formula is C27H24O4. The maximum atomic E-state index is 13.0. The Labute approximate surface area is 181 Å². The molecule has 0 fully saturated rings. The van der Waals surface area contributed by atoms with Gasteiger partial charge >= 0.3 is 0 Å². The summed E-state index contributed by atoms with van der Waals surface area (Å²) in [5, 5.41) is 21.5. The summed E-state index contributed by atoms with van der Waals surface area (Å²) < 4.78 is 0. The molecule has 0 heterocycles. The van der Waals surface area contributed by atoms with Crippen molar-refractivity contribution in [1.82, 2.24) is 0 Å². The molecule has 0 unspecified atom stereocenters. The lowest BCUT2D eigenvalue weighted by Gasteiger charge is -2.33. The van der Waals surface area contributed by atoms with Crippen molar-refractivity contribution >= 4 is 11.6 Å². The van der Waals surface area contributed by atoms with Crippen LogP contribution >= 0.6 is 0 Å². The molecule has 0 saturated heterocycles. The fraction of sp³-hybridized carbons (Fsp3) is 0.259. The molecule has 0 amide bonds. The van der Waals surface area contributed by atoms with Gasteiger partial charge in [-0.3, -0.25) is 9.59 Å². The lowest BCUT2D eigenvalue weighted by atomic mass is 9.71. The molecule has 0 radical (unpaired) electrons. The van der Waals surface area contributed by atoms with Gasteiger partial charge in [-0.15, -0.1) is 0 Å². The molecule has 4 nitrogen and oxygen atoms in total. The van der Waals surface area contributed by atoms with E-state index in [4.69, 9.17) is 0 Å². The molecule has 3 aromatic carbocycles. The zero-order valence-electron chi connectivity index (χ0n) is 18.0. The van der Waals surface area contributed by atoms with Gasteiger partial charge in [0.05, 0.1) is 0 Å². The molecular weight excluding hydrogens is 388 g/mol. The van der Waals surface area contributed by atoms with E-state index < -0.39 is 11.6 Å². The predicted octanol–water partition coefficient (Wildman–Crippen LogP) is 5.72. The molecule has 5 rings (SSSR count). The third-order valence-electron chi connectivity index (χ3n) is 6.68. The first-order chi connectivity index (χ1) is 14.7. The number of phenols is 2. The quantitative estimate of drug-likeness (QED) is 0.501. The first-order valence-corrected chi connectivity index (χ1v) is 10.6. The number of benzene rings is 3. The number of fused-ring (bicyclic) bond motifs is 6. The Morgan fingerprint density at radius 1 is 0.742 bits per heavy atom. The van der Waals surface area contributed by atoms with E-state index in [1.165, 1.54) is 0 Å². The summed E-state index contributed by atoms with van der Waals surface area (Å²) >= 11 is 0. The number of rotatable bonds is 1. The van der Waals surface area contributed by atoms with Crippen LogP contribution in [0.1, 0.15) is 62.7 Å². The second kappa shape index (κ2) is 6.55. The monoisotopic (exact) mass is 412 g/mol. The number of Topliss-reactive ketones (excluding diaryl/α,β-unsaturated/α-hetero) is 2. The van der Waals surface area contributed by atoms with Crippen LogP contribution in [0, 0.1) is 19.8 Å². The van der Waals surface area contributed by atoms with Crippen molar-refractivity contribution in [1.29, 1.82) is 0 Å². The molecule has 0 saturated carbocycles. The molecule has 1 atom stereocenters. The molecule has 3 aromatic rings. The number of carbonyl (C=O) groups is 2. The summed E-state index contributed by atoms with van der Waals surface area (Å²) in [7, 11) is 0. The van der Waals surface area contributed by atoms with Crippen LogP contribution in [0.4, 0.5) is 0 Å². The van der Waals surface area contributed by atoms with E-state index in [9.17, 15) is 19.8 Å². The average molecular weight is 412 g/mol. The molecule has 0 spiro atoms. The number of aryl methyl sites for hydroxylation is 2. The van der Waals surface area contributed by atoms with Crippen LogP contribution in [0.5, 0.6) is 11.5 Å². The topological polar surface area (TPSA) is 74.6 Å². The Kier molecular flexibility index (Phi) is 4.13. The van der Waals surface area contributed by atoms with E-state index in [1.807, 2.05) is 13.0 Å². The number of phenolic OH excluding ortho intramolecular Hbond substituents is 2. The molecule has 156 valence electrons. The first-order valence-electron chi connectivity index (χ1n) is 10.6. The molecule has 0 bridgehead atoms. The van der Waals surface area contributed by atoms with Crippen molar-refractivity contribution in [3.8, 4) is 33.8 Å². The molecule has 2 N–H and O–H groups in total. The minimum atomic E-state index is -0.606. The second-order valence-electron chi connectivity index (χ2n) is 9.22. The third kappa shape index (κ3) is 2.74. The van der Waals surface area contributed by atoms with E-state index in [1.54, 1.807) is 31.2 Å². The smallest absolute Gasteiger partial charge is 0.234 e. The minimum absolute atomic E-state index is 0.00661. The van der Waals surface area contributed by atoms with E-state index in [2.05, 4.69) is 19.9 Å². The normalized spacial score (nSPS) is 16.6. The van der Waals surface area contributed by atoms with Gasteiger partial charge in [0, 0.05) is 22.3 Å². The molecule has 0 aliphatic heterocycles. The molecule has 4 heteroatoms. The molecule has 0 aromatic heterocycles. The third-order valence-corrected chi connectivity index (χ3v) is 6.68.